The van der Waals surface area contributed by atoms with E-state index in [4.69, 9.17) is 28.0 Å². The van der Waals surface area contributed by atoms with Crippen molar-refractivity contribution in [3.05, 3.63) is 93.8 Å². The number of nitrogens with two attached hydrogens (primary N) is 1. The minimum Gasteiger partial charge on any atom is -0.440 e. The second-order valence-electron chi connectivity index (χ2n) is 10.5. The largest absolute Gasteiger partial charge is 0.440 e. The third-order valence-corrected chi connectivity index (χ3v) is 7.91. The molecule has 1 saturated heterocycles. The average Bonchev–Trinajstić information content (AvgIpc) is 3.26. The number of benzene rings is 1. The predicted molar refractivity (Wildman–Crippen MR) is 157 cm³/mol. The Hall–Kier alpha value is -4.29. The van der Waals surface area contributed by atoms with Crippen molar-refractivity contribution in [3.8, 4) is 0 Å². The number of aromatic amines is 1. The third-order valence-electron chi connectivity index (χ3n) is 7.91. The lowest BCUT2D eigenvalue weighted by Gasteiger charge is -2.33. The van der Waals surface area contributed by atoms with Gasteiger partial charge in [-0.3, -0.25) is 23.6 Å². The number of pyridine rings is 2. The fourth-order valence-corrected chi connectivity index (χ4v) is 5.94. The third kappa shape index (κ3) is 7.51. The number of carbonyl (C=O) groups is 1. The average molecular weight is 651 g/mol. The van der Waals surface area contributed by atoms with E-state index in [1.54, 1.807) is 46.1 Å². The van der Waals surface area contributed by atoms with Crippen LogP contribution in [0.25, 0.3) is 11.2 Å². The van der Waals surface area contributed by atoms with Crippen LogP contribution in [0.5, 0.6) is 0 Å². The fourth-order valence-electron chi connectivity index (χ4n) is 5.94. The van der Waals surface area contributed by atoms with Gasteiger partial charge in [0.15, 0.2) is 17.3 Å². The summed E-state index contributed by atoms with van der Waals surface area (Å²) in [5.74, 6) is -2.34. The Morgan fingerprint density at radius 2 is 1.62 bits per heavy atom. The van der Waals surface area contributed by atoms with Gasteiger partial charge in [0.25, 0.3) is 0 Å². The molecule has 242 valence electrons. The van der Waals surface area contributed by atoms with Gasteiger partial charge in [0.05, 0.1) is 11.2 Å². The second kappa shape index (κ2) is 13.8. The van der Waals surface area contributed by atoms with Crippen LogP contribution >= 0.6 is 0 Å². The van der Waals surface area contributed by atoms with Gasteiger partial charge in [-0.05, 0) is 61.1 Å². The number of aromatic nitrogens is 4. The molecule has 1 aliphatic carbocycles. The van der Waals surface area contributed by atoms with E-state index in [1.807, 2.05) is 6.07 Å². The molecule has 45 heavy (non-hydrogen) atoms. The maximum Gasteiger partial charge on any atom is 0.410 e. The Balaban J connectivity index is 0.000000714. The summed E-state index contributed by atoms with van der Waals surface area (Å²) in [6.07, 6.45) is 3.99. The lowest BCUT2D eigenvalue weighted by Crippen LogP contribution is -2.41. The van der Waals surface area contributed by atoms with Crippen LogP contribution in [0.3, 0.4) is 0 Å². The van der Waals surface area contributed by atoms with Gasteiger partial charge < -0.3 is 20.8 Å². The number of imidazole rings is 1. The van der Waals surface area contributed by atoms with E-state index in [2.05, 4.69) is 15.0 Å². The highest BCUT2D eigenvalue weighted by atomic mass is 32.3. The summed E-state index contributed by atoms with van der Waals surface area (Å²) in [5.41, 5.74) is 9.02. The van der Waals surface area contributed by atoms with E-state index in [-0.39, 0.29) is 22.8 Å². The van der Waals surface area contributed by atoms with Gasteiger partial charge in [-0.15, -0.1) is 0 Å². The maximum atomic E-state index is 14.7. The van der Waals surface area contributed by atoms with Gasteiger partial charge in [-0.2, -0.15) is 8.42 Å². The molecule has 0 unspecified atom stereocenters. The minimum atomic E-state index is -4.67. The Kier molecular flexibility index (Phi) is 10.3. The monoisotopic (exact) mass is 650 g/mol. The smallest absolute Gasteiger partial charge is 0.410 e. The normalized spacial score (nSPS) is 20.3. The Morgan fingerprint density at radius 3 is 2.33 bits per heavy atom. The molecule has 4 heterocycles. The van der Waals surface area contributed by atoms with E-state index in [9.17, 15) is 18.4 Å². The number of nitrogens with one attached hydrogen (secondary N) is 1. The van der Waals surface area contributed by atoms with Gasteiger partial charge >= 0.3 is 22.2 Å². The molecule has 6 rings (SSSR count). The van der Waals surface area contributed by atoms with Crippen LogP contribution in [-0.4, -0.2) is 66.6 Å². The number of hydrogen-bond donors (Lipinski definition) is 4. The number of likely N-dealkylation sites (tertiary alicyclic amines) is 1. The van der Waals surface area contributed by atoms with Crippen molar-refractivity contribution in [2.45, 2.75) is 49.8 Å². The molecular weight excluding hydrogens is 618 g/mol. The second-order valence-corrected chi connectivity index (χ2v) is 11.4. The Bertz CT molecular complexity index is 1820. The molecule has 0 bridgehead atoms. The summed E-state index contributed by atoms with van der Waals surface area (Å²) in [6.45, 7) is 0.836. The first-order valence-corrected chi connectivity index (χ1v) is 15.2. The molecule has 17 heteroatoms. The molecule has 1 amide bonds. The molecule has 2 aliphatic rings. The fraction of sp³-hybridized carbons (Fsp3) is 0.357. The molecule has 1 fully saturated rings. The Morgan fingerprint density at radius 1 is 0.978 bits per heavy atom. The topological polar surface area (TPSA) is 225 Å². The number of piperidine rings is 1. The van der Waals surface area contributed by atoms with Gasteiger partial charge in [-0.25, -0.2) is 23.4 Å². The van der Waals surface area contributed by atoms with Gasteiger partial charge in [0.1, 0.15) is 6.10 Å². The summed E-state index contributed by atoms with van der Waals surface area (Å²) >= 11 is 0. The highest BCUT2D eigenvalue weighted by molar-refractivity contribution is 7.79. The standard InChI is InChI=1S/C28H28F2N6O3.H2O4S.H2O/c29-20-6-1-4-17(23(20)30)18-8-9-22(25-19(24(18)31)5-2-12-32-25)39-28(38)35-14-10-16(11-15-35)36-21-7-3-13-33-26(21)34-27(36)37;1-5(2,3)4;/h1-7,12-13,16,18,22,24H,8-11,14-15,31H2,(H,33,34,37);(H2,1,2,3,4);1H2/t18-,22+,24-;;/m0../s1. The highest BCUT2D eigenvalue weighted by Crippen LogP contribution is 2.43. The first kappa shape index (κ1) is 33.6. The summed E-state index contributed by atoms with van der Waals surface area (Å²) < 4.78 is 68.0. The van der Waals surface area contributed by atoms with Crippen molar-refractivity contribution in [2.75, 3.05) is 13.1 Å². The zero-order valence-electron chi connectivity index (χ0n) is 23.7. The van der Waals surface area contributed by atoms with Crippen LogP contribution < -0.4 is 11.4 Å². The molecule has 3 atom stereocenters. The van der Waals surface area contributed by atoms with Crippen molar-refractivity contribution >= 4 is 27.7 Å². The van der Waals surface area contributed by atoms with Gasteiger partial charge in [0.2, 0.25) is 0 Å². The number of fused-ring (bicyclic) bond motifs is 2. The molecule has 0 spiro atoms. The summed E-state index contributed by atoms with van der Waals surface area (Å²) in [5, 5.41) is 0. The first-order valence-electron chi connectivity index (χ1n) is 13.8. The molecule has 0 radical (unpaired) electrons. The number of rotatable bonds is 3. The van der Waals surface area contributed by atoms with E-state index in [1.165, 1.54) is 6.07 Å². The van der Waals surface area contributed by atoms with Crippen molar-refractivity contribution in [1.82, 2.24) is 24.4 Å². The number of carbonyl (C=O) groups excluding carboxylic acids is 1. The van der Waals surface area contributed by atoms with E-state index in [0.29, 0.717) is 55.7 Å². The van der Waals surface area contributed by atoms with E-state index in [0.717, 1.165) is 11.6 Å². The number of halogens is 2. The lowest BCUT2D eigenvalue weighted by molar-refractivity contribution is 0.0472. The predicted octanol–water partition coefficient (Wildman–Crippen LogP) is 3.01. The van der Waals surface area contributed by atoms with Crippen LogP contribution in [0.4, 0.5) is 13.6 Å². The molecule has 7 N–H and O–H groups in total. The zero-order chi connectivity index (χ0) is 31.6. The van der Waals surface area contributed by atoms with Crippen LogP contribution in [0, 0.1) is 11.6 Å². The van der Waals surface area contributed by atoms with Gasteiger partial charge in [-0.1, -0.05) is 18.2 Å². The van der Waals surface area contributed by atoms with Gasteiger partial charge in [0, 0.05) is 43.5 Å². The highest BCUT2D eigenvalue weighted by Gasteiger charge is 2.36. The SMILES string of the molecule is N[C@@H]1c2cccnc2[C@H](OC(=O)N2CCC(n3c(=O)[nH]c4ncccc43)CC2)CC[C@H]1c1cccc(F)c1F.O.O=S(=O)(O)O. The number of nitrogens with zero attached hydrogens (tertiary/aromatic N) is 4. The van der Waals surface area contributed by atoms with Crippen molar-refractivity contribution < 1.29 is 41.3 Å². The van der Waals surface area contributed by atoms with Crippen LogP contribution in [0.2, 0.25) is 0 Å². The maximum absolute atomic E-state index is 14.7. The van der Waals surface area contributed by atoms with E-state index < -0.39 is 46.2 Å². The number of amides is 1. The molecule has 4 aromatic rings. The number of hydrogen-bond acceptors (Lipinski definition) is 8. The molecular formula is C28H32F2N6O8S. The molecule has 3 aromatic heterocycles. The lowest BCUT2D eigenvalue weighted by atomic mass is 9.86. The quantitative estimate of drug-likeness (QED) is 0.187. The van der Waals surface area contributed by atoms with Crippen LogP contribution in [0.15, 0.2) is 59.7 Å². The summed E-state index contributed by atoms with van der Waals surface area (Å²) in [6, 6.07) is 10.5. The van der Waals surface area contributed by atoms with Crippen molar-refractivity contribution in [3.63, 3.8) is 0 Å². The van der Waals surface area contributed by atoms with E-state index >= 15 is 0 Å². The van der Waals surface area contributed by atoms with Crippen molar-refractivity contribution in [1.29, 1.82) is 0 Å². The molecule has 0 saturated carbocycles. The number of H-pyrrole nitrogens is 1. The first-order chi connectivity index (χ1) is 20.9. The molecule has 14 nitrogen and oxygen atoms in total. The summed E-state index contributed by atoms with van der Waals surface area (Å²) in [7, 11) is -4.67. The van der Waals surface area contributed by atoms with Crippen molar-refractivity contribution in [2.24, 2.45) is 5.73 Å². The number of ether oxygens (including phenoxy) is 1. The zero-order valence-corrected chi connectivity index (χ0v) is 24.5. The molecule has 1 aliphatic heterocycles. The Labute approximate surface area is 255 Å². The summed E-state index contributed by atoms with van der Waals surface area (Å²) in [4.78, 5) is 38.9. The van der Waals surface area contributed by atoms with Crippen LogP contribution in [0.1, 0.15) is 66.6 Å². The molecule has 1 aromatic carbocycles. The van der Waals surface area contributed by atoms with Crippen LogP contribution in [-0.2, 0) is 15.1 Å². The minimum absolute atomic E-state index is 0.